The van der Waals surface area contributed by atoms with Crippen molar-refractivity contribution in [3.8, 4) is 40.2 Å². The highest BCUT2D eigenvalue weighted by Crippen LogP contribution is 2.31. The molecule has 0 saturated carbocycles. The first-order chi connectivity index (χ1) is 19.6. The van der Waals surface area contributed by atoms with Gasteiger partial charge in [-0.25, -0.2) is 9.18 Å². The van der Waals surface area contributed by atoms with Crippen LogP contribution in [0.15, 0.2) is 79.3 Å². The Morgan fingerprint density at radius 2 is 1.76 bits per heavy atom. The van der Waals surface area contributed by atoms with Gasteiger partial charge in [-0.2, -0.15) is 15.5 Å². The number of nitriles is 1. The van der Waals surface area contributed by atoms with E-state index in [1.54, 1.807) is 64.2 Å². The topological polar surface area (TPSA) is 123 Å². The number of hydrogen-bond donors (Lipinski definition) is 2. The second-order valence-electron chi connectivity index (χ2n) is 10.3. The summed E-state index contributed by atoms with van der Waals surface area (Å²) in [6.07, 6.45) is 5.10. The quantitative estimate of drug-likeness (QED) is 0.247. The highest BCUT2D eigenvalue weighted by molar-refractivity contribution is 6.02. The number of pyridine rings is 1. The van der Waals surface area contributed by atoms with Gasteiger partial charge in [0.1, 0.15) is 28.7 Å². The molecule has 2 aromatic carbocycles. The molecule has 0 unspecified atom stereocenters. The summed E-state index contributed by atoms with van der Waals surface area (Å²) in [7, 11) is 1.81. The van der Waals surface area contributed by atoms with Crippen molar-refractivity contribution in [2.45, 2.75) is 26.3 Å². The number of rotatable bonds is 6. The molecule has 0 saturated heterocycles. The first-order valence-corrected chi connectivity index (χ1v) is 12.7. The summed E-state index contributed by atoms with van der Waals surface area (Å²) in [5, 5.41) is 23.6. The van der Waals surface area contributed by atoms with Crippen LogP contribution in [0.1, 0.15) is 26.3 Å². The van der Waals surface area contributed by atoms with Crippen LogP contribution in [0.4, 0.5) is 20.6 Å². The van der Waals surface area contributed by atoms with Crippen LogP contribution in [0, 0.1) is 17.1 Å². The number of nitrogens with zero attached hydrogens (tertiary/aromatic N) is 6. The van der Waals surface area contributed by atoms with Gasteiger partial charge in [0.05, 0.1) is 34.2 Å². The molecule has 10 nitrogen and oxygen atoms in total. The summed E-state index contributed by atoms with van der Waals surface area (Å²) in [6, 6.07) is 17.7. The van der Waals surface area contributed by atoms with E-state index in [1.807, 2.05) is 40.1 Å². The summed E-state index contributed by atoms with van der Waals surface area (Å²) < 4.78 is 24.2. The van der Waals surface area contributed by atoms with Gasteiger partial charge < -0.3 is 15.4 Å². The maximum atomic E-state index is 15.0. The van der Waals surface area contributed by atoms with Crippen molar-refractivity contribution < 1.29 is 13.9 Å². The molecule has 5 aromatic rings. The van der Waals surface area contributed by atoms with Crippen LogP contribution in [0.3, 0.4) is 0 Å². The third-order valence-electron chi connectivity index (χ3n) is 6.05. The van der Waals surface area contributed by atoms with Gasteiger partial charge in [0, 0.05) is 43.3 Å². The molecule has 0 aliphatic carbocycles. The van der Waals surface area contributed by atoms with E-state index in [0.29, 0.717) is 39.6 Å². The number of ether oxygens (including phenoxy) is 1. The van der Waals surface area contributed by atoms with Crippen molar-refractivity contribution in [2.24, 2.45) is 7.05 Å². The Balaban J connectivity index is 1.32. The molecule has 5 rings (SSSR count). The van der Waals surface area contributed by atoms with Crippen molar-refractivity contribution in [3.05, 3.63) is 90.6 Å². The normalized spacial score (nSPS) is 11.1. The van der Waals surface area contributed by atoms with Gasteiger partial charge >= 0.3 is 6.03 Å². The number of nitrogens with one attached hydrogen (secondary N) is 2. The summed E-state index contributed by atoms with van der Waals surface area (Å²) >= 11 is 0. The Labute approximate surface area is 236 Å². The van der Waals surface area contributed by atoms with E-state index in [2.05, 4.69) is 31.9 Å². The molecule has 3 heterocycles. The van der Waals surface area contributed by atoms with Crippen molar-refractivity contribution >= 4 is 17.4 Å². The molecular weight excluding hydrogens is 523 g/mol. The summed E-state index contributed by atoms with van der Waals surface area (Å²) in [6.45, 7) is 5.93. The molecule has 0 aliphatic rings. The van der Waals surface area contributed by atoms with E-state index in [-0.39, 0.29) is 17.0 Å². The Hall–Kier alpha value is -5.50. The number of urea groups is 1. The van der Waals surface area contributed by atoms with Crippen molar-refractivity contribution in [3.63, 3.8) is 0 Å². The van der Waals surface area contributed by atoms with Crippen LogP contribution in [0.25, 0.3) is 22.6 Å². The molecule has 206 valence electrons. The second kappa shape index (κ2) is 10.9. The number of anilines is 2. The Kier molecular flexibility index (Phi) is 7.22. The van der Waals surface area contributed by atoms with Crippen LogP contribution in [-0.4, -0.2) is 30.6 Å². The number of carbonyl (C=O) groups excluding carboxylic acids is 1. The molecule has 11 heteroatoms. The SMILES string of the molecule is Cn1ccc(-c2cc(Oc3ccc(NC(=O)Nc4cn(C(C)(C)C)nc4-c4cccc(C#N)c4)c(F)c3)ccn2)n1. The fourth-order valence-corrected chi connectivity index (χ4v) is 4.00. The first-order valence-electron chi connectivity index (χ1n) is 12.7. The number of aromatic nitrogens is 5. The third kappa shape index (κ3) is 6.23. The zero-order valence-electron chi connectivity index (χ0n) is 22.9. The molecular formula is C30H27FN8O2. The molecule has 0 spiro atoms. The lowest BCUT2D eigenvalue weighted by Crippen LogP contribution is -2.22. The molecule has 0 atom stereocenters. The van der Waals surface area contributed by atoms with E-state index >= 15 is 0 Å². The second-order valence-corrected chi connectivity index (χ2v) is 10.3. The Bertz CT molecular complexity index is 1780. The van der Waals surface area contributed by atoms with Crippen LogP contribution in [0.5, 0.6) is 11.5 Å². The van der Waals surface area contributed by atoms with E-state index in [4.69, 9.17) is 4.74 Å². The number of aryl methyl sites for hydroxylation is 1. The fraction of sp³-hybridized carbons (Fsp3) is 0.167. The largest absolute Gasteiger partial charge is 0.457 e. The maximum Gasteiger partial charge on any atom is 0.323 e. The minimum atomic E-state index is -0.677. The summed E-state index contributed by atoms with van der Waals surface area (Å²) in [5.74, 6) is 0.0316. The number of halogens is 1. The van der Waals surface area contributed by atoms with Gasteiger partial charge in [-0.05, 0) is 57.2 Å². The first kappa shape index (κ1) is 27.1. The molecule has 2 N–H and O–H groups in total. The monoisotopic (exact) mass is 550 g/mol. The summed E-state index contributed by atoms with van der Waals surface area (Å²) in [4.78, 5) is 17.2. The Morgan fingerprint density at radius 3 is 2.46 bits per heavy atom. The maximum absolute atomic E-state index is 15.0. The van der Waals surface area contributed by atoms with Crippen LogP contribution in [-0.2, 0) is 12.6 Å². The molecule has 41 heavy (non-hydrogen) atoms. The van der Waals surface area contributed by atoms with E-state index in [0.717, 1.165) is 0 Å². The van der Waals surface area contributed by atoms with E-state index in [1.165, 1.54) is 12.1 Å². The number of hydrogen-bond acceptors (Lipinski definition) is 6. The van der Waals surface area contributed by atoms with Gasteiger partial charge in [-0.3, -0.25) is 14.3 Å². The van der Waals surface area contributed by atoms with Gasteiger partial charge in [-0.15, -0.1) is 0 Å². The smallest absolute Gasteiger partial charge is 0.323 e. The molecule has 0 fully saturated rings. The van der Waals surface area contributed by atoms with Gasteiger partial charge in [0.25, 0.3) is 0 Å². The minimum Gasteiger partial charge on any atom is -0.457 e. The predicted molar refractivity (Wildman–Crippen MR) is 153 cm³/mol. The van der Waals surface area contributed by atoms with Crippen LogP contribution in [0.2, 0.25) is 0 Å². The number of benzene rings is 2. The van der Waals surface area contributed by atoms with Crippen LogP contribution >= 0.6 is 0 Å². The standard InChI is InChI=1S/C30H27FN8O2/c1-30(2,3)39-18-27(28(37-39)20-7-5-6-19(14-20)17-32)35-29(40)34-24-9-8-21(15-23(24)31)41-22-10-12-33-26(16-22)25-11-13-38(4)36-25/h5-16,18H,1-4H3,(H2,34,35,40). The average Bonchev–Trinajstić information content (AvgIpc) is 3.57. The average molecular weight is 551 g/mol. The molecule has 3 aromatic heterocycles. The lowest BCUT2D eigenvalue weighted by atomic mass is 10.1. The Morgan fingerprint density at radius 1 is 0.976 bits per heavy atom. The van der Waals surface area contributed by atoms with Gasteiger partial charge in [-0.1, -0.05) is 12.1 Å². The third-order valence-corrected chi connectivity index (χ3v) is 6.05. The predicted octanol–water partition coefficient (Wildman–Crippen LogP) is 6.55. The molecule has 0 aliphatic heterocycles. The lowest BCUT2D eigenvalue weighted by molar-refractivity contribution is 0.262. The van der Waals surface area contributed by atoms with E-state index < -0.39 is 11.8 Å². The number of carbonyl (C=O) groups is 1. The van der Waals surface area contributed by atoms with Crippen molar-refractivity contribution in [1.82, 2.24) is 24.5 Å². The van der Waals surface area contributed by atoms with E-state index in [9.17, 15) is 14.4 Å². The molecule has 0 bridgehead atoms. The zero-order valence-corrected chi connectivity index (χ0v) is 22.9. The van der Waals surface area contributed by atoms with Crippen molar-refractivity contribution in [1.29, 1.82) is 5.26 Å². The highest BCUT2D eigenvalue weighted by Gasteiger charge is 2.21. The number of amides is 2. The zero-order chi connectivity index (χ0) is 29.1. The van der Waals surface area contributed by atoms with Gasteiger partial charge in [0.15, 0.2) is 0 Å². The van der Waals surface area contributed by atoms with Crippen molar-refractivity contribution in [2.75, 3.05) is 10.6 Å². The van der Waals surface area contributed by atoms with Crippen LogP contribution < -0.4 is 15.4 Å². The minimum absolute atomic E-state index is 0.0324. The molecule has 2 amide bonds. The van der Waals surface area contributed by atoms with Gasteiger partial charge in [0.2, 0.25) is 0 Å². The fourth-order valence-electron chi connectivity index (χ4n) is 4.00. The summed E-state index contributed by atoms with van der Waals surface area (Å²) in [5.41, 5.74) is 2.93. The lowest BCUT2D eigenvalue weighted by Gasteiger charge is -2.18. The highest BCUT2D eigenvalue weighted by atomic mass is 19.1. The molecule has 0 radical (unpaired) electrons.